The van der Waals surface area contributed by atoms with Crippen LogP contribution in [0.15, 0.2) is 6.07 Å². The Morgan fingerprint density at radius 1 is 1.50 bits per heavy atom. The number of aryl methyl sites for hydroxylation is 2. The van der Waals surface area contributed by atoms with Crippen molar-refractivity contribution in [1.82, 2.24) is 14.7 Å². The Hall–Kier alpha value is -2.86. The van der Waals surface area contributed by atoms with Gasteiger partial charge >= 0.3 is 6.09 Å². The first kappa shape index (κ1) is 17.9. The van der Waals surface area contributed by atoms with Crippen LogP contribution in [0.3, 0.4) is 0 Å². The lowest BCUT2D eigenvalue weighted by atomic mass is 10.0. The lowest BCUT2D eigenvalue weighted by Crippen LogP contribution is -2.35. The number of fused-ring (bicyclic) bond motifs is 1. The number of ether oxygens (including phenoxy) is 1. The van der Waals surface area contributed by atoms with Crippen LogP contribution in [0.4, 0.5) is 9.80 Å². The second-order valence-corrected chi connectivity index (χ2v) is 7.04. The van der Waals surface area contributed by atoms with E-state index >= 15 is 0 Å². The normalized spacial score (nSPS) is 13.1. The second kappa shape index (κ2) is 7.17. The van der Waals surface area contributed by atoms with Crippen LogP contribution in [0.25, 0.3) is 0 Å². The van der Waals surface area contributed by atoms with E-state index in [2.05, 4.69) is 16.5 Å². The predicted octanol–water partition coefficient (Wildman–Crippen LogP) is 2.43. The van der Waals surface area contributed by atoms with Gasteiger partial charge in [0, 0.05) is 24.2 Å². The number of amides is 2. The fourth-order valence-electron chi connectivity index (χ4n) is 2.82. The molecular formula is C17H19N5O3S. The summed E-state index contributed by atoms with van der Waals surface area (Å²) in [6.45, 7) is 4.81. The first-order chi connectivity index (χ1) is 12.4. The molecule has 2 aromatic rings. The molecule has 1 aliphatic rings. The third kappa shape index (κ3) is 3.28. The van der Waals surface area contributed by atoms with Crippen LogP contribution in [0, 0.1) is 18.3 Å². The minimum absolute atomic E-state index is 0.299. The van der Waals surface area contributed by atoms with Crippen molar-refractivity contribution in [2.75, 3.05) is 18.5 Å². The van der Waals surface area contributed by atoms with E-state index in [1.165, 1.54) is 11.3 Å². The number of anilines is 1. The van der Waals surface area contributed by atoms with Crippen LogP contribution in [-0.4, -0.2) is 39.8 Å². The molecule has 1 aliphatic heterocycles. The average Bonchev–Trinajstić information content (AvgIpc) is 3.13. The Kier molecular flexibility index (Phi) is 4.95. The zero-order valence-corrected chi connectivity index (χ0v) is 15.6. The smallest absolute Gasteiger partial charge is 0.410 e. The summed E-state index contributed by atoms with van der Waals surface area (Å²) in [7, 11) is 1.76. The van der Waals surface area contributed by atoms with Crippen molar-refractivity contribution in [2.24, 2.45) is 7.05 Å². The molecule has 0 aromatic carbocycles. The molecule has 2 amide bonds. The van der Waals surface area contributed by atoms with Gasteiger partial charge in [-0.05, 0) is 31.9 Å². The van der Waals surface area contributed by atoms with Gasteiger partial charge in [0.05, 0.1) is 18.7 Å². The maximum atomic E-state index is 12.4. The van der Waals surface area contributed by atoms with Gasteiger partial charge < -0.3 is 15.0 Å². The standard InChI is InChI=1S/C17H19N5O3S/c1-4-25-17(24)22-6-5-11-12(8-18)16(26-14(11)9-22)19-15(23)13-7-10(2)21(3)20-13/h7H,4-6,9H2,1-3H3,(H,19,23). The van der Waals surface area contributed by atoms with Crippen molar-refractivity contribution in [3.05, 3.63) is 33.5 Å². The maximum absolute atomic E-state index is 12.4. The fourth-order valence-corrected chi connectivity index (χ4v) is 4.03. The van der Waals surface area contributed by atoms with Gasteiger partial charge in [-0.25, -0.2) is 4.79 Å². The van der Waals surface area contributed by atoms with Gasteiger partial charge in [0.25, 0.3) is 5.91 Å². The molecule has 0 radical (unpaired) electrons. The molecule has 0 fully saturated rings. The predicted molar refractivity (Wildman–Crippen MR) is 96.1 cm³/mol. The zero-order chi connectivity index (χ0) is 18.8. The zero-order valence-electron chi connectivity index (χ0n) is 14.8. The quantitative estimate of drug-likeness (QED) is 0.890. The topological polar surface area (TPSA) is 100 Å². The summed E-state index contributed by atoms with van der Waals surface area (Å²) in [6.07, 6.45) is 0.200. The van der Waals surface area contributed by atoms with Crippen LogP contribution in [0.1, 0.15) is 39.1 Å². The minimum atomic E-state index is -0.361. The molecule has 0 aliphatic carbocycles. The second-order valence-electron chi connectivity index (χ2n) is 5.94. The highest BCUT2D eigenvalue weighted by Gasteiger charge is 2.28. The van der Waals surface area contributed by atoms with Crippen LogP contribution < -0.4 is 5.32 Å². The van der Waals surface area contributed by atoms with Crippen molar-refractivity contribution in [2.45, 2.75) is 26.8 Å². The van der Waals surface area contributed by atoms with Gasteiger partial charge in [0.2, 0.25) is 0 Å². The fraction of sp³-hybridized carbons (Fsp3) is 0.412. The van der Waals surface area contributed by atoms with Crippen LogP contribution >= 0.6 is 11.3 Å². The third-order valence-corrected chi connectivity index (χ3v) is 5.40. The first-order valence-electron chi connectivity index (χ1n) is 8.22. The van der Waals surface area contributed by atoms with Crippen molar-refractivity contribution < 1.29 is 14.3 Å². The number of hydrogen-bond acceptors (Lipinski definition) is 6. The maximum Gasteiger partial charge on any atom is 0.410 e. The summed E-state index contributed by atoms with van der Waals surface area (Å²) in [5.41, 5.74) is 2.53. The molecular weight excluding hydrogens is 354 g/mol. The Bertz CT molecular complexity index is 889. The minimum Gasteiger partial charge on any atom is -0.450 e. The number of carbonyl (C=O) groups is 2. The van der Waals surface area contributed by atoms with Crippen molar-refractivity contribution in [3.63, 3.8) is 0 Å². The molecule has 26 heavy (non-hydrogen) atoms. The number of nitrogens with zero attached hydrogens (tertiary/aromatic N) is 4. The molecule has 0 spiro atoms. The number of nitriles is 1. The van der Waals surface area contributed by atoms with Crippen LogP contribution in [-0.2, 0) is 24.8 Å². The molecule has 0 atom stereocenters. The van der Waals surface area contributed by atoms with Crippen LogP contribution in [0.5, 0.6) is 0 Å². The SMILES string of the molecule is CCOC(=O)N1CCc2c(sc(NC(=O)c3cc(C)n(C)n3)c2C#N)C1. The summed E-state index contributed by atoms with van der Waals surface area (Å²) in [5, 5.41) is 17.0. The number of carbonyl (C=O) groups excluding carboxylic acids is 2. The van der Waals surface area contributed by atoms with Gasteiger partial charge in [-0.1, -0.05) is 0 Å². The van der Waals surface area contributed by atoms with E-state index in [4.69, 9.17) is 4.74 Å². The Labute approximate surface area is 155 Å². The molecule has 1 N–H and O–H groups in total. The Balaban J connectivity index is 1.83. The van der Waals surface area contributed by atoms with E-state index in [9.17, 15) is 14.9 Å². The number of hydrogen-bond donors (Lipinski definition) is 1. The van der Waals surface area contributed by atoms with Gasteiger partial charge in [-0.15, -0.1) is 11.3 Å². The molecule has 136 valence electrons. The molecule has 0 saturated heterocycles. The Morgan fingerprint density at radius 3 is 2.88 bits per heavy atom. The van der Waals surface area contributed by atoms with Gasteiger partial charge in [-0.3, -0.25) is 9.48 Å². The summed E-state index contributed by atoms with van der Waals surface area (Å²) in [4.78, 5) is 26.9. The largest absolute Gasteiger partial charge is 0.450 e. The van der Waals surface area contributed by atoms with Crippen molar-refractivity contribution >= 4 is 28.3 Å². The number of nitrogens with one attached hydrogen (secondary N) is 1. The summed E-state index contributed by atoms with van der Waals surface area (Å²) >= 11 is 1.32. The third-order valence-electron chi connectivity index (χ3n) is 4.27. The highest BCUT2D eigenvalue weighted by molar-refractivity contribution is 7.16. The number of aromatic nitrogens is 2. The highest BCUT2D eigenvalue weighted by atomic mass is 32.1. The van der Waals surface area contributed by atoms with E-state index in [0.717, 1.165) is 16.1 Å². The van der Waals surface area contributed by atoms with Gasteiger partial charge in [0.1, 0.15) is 11.1 Å². The summed E-state index contributed by atoms with van der Waals surface area (Å²) in [5.74, 6) is -0.356. The van der Waals surface area contributed by atoms with Gasteiger partial charge in [-0.2, -0.15) is 10.4 Å². The molecule has 0 saturated carbocycles. The molecule has 8 nitrogen and oxygen atoms in total. The molecule has 9 heteroatoms. The highest BCUT2D eigenvalue weighted by Crippen LogP contribution is 2.37. The van der Waals surface area contributed by atoms with E-state index in [0.29, 0.717) is 42.4 Å². The molecule has 0 bridgehead atoms. The van der Waals surface area contributed by atoms with Crippen molar-refractivity contribution in [1.29, 1.82) is 5.26 Å². The monoisotopic (exact) mass is 373 g/mol. The number of rotatable bonds is 3. The molecule has 3 heterocycles. The van der Waals surface area contributed by atoms with Crippen molar-refractivity contribution in [3.8, 4) is 6.07 Å². The van der Waals surface area contributed by atoms with E-state index in [1.54, 1.807) is 29.6 Å². The van der Waals surface area contributed by atoms with E-state index in [1.807, 2.05) is 6.92 Å². The van der Waals surface area contributed by atoms with E-state index in [-0.39, 0.29) is 12.0 Å². The lowest BCUT2D eigenvalue weighted by Gasteiger charge is -2.25. The van der Waals surface area contributed by atoms with Gasteiger partial charge in [0.15, 0.2) is 5.69 Å². The first-order valence-corrected chi connectivity index (χ1v) is 9.04. The number of thiophene rings is 1. The summed E-state index contributed by atoms with van der Waals surface area (Å²) < 4.78 is 6.66. The Morgan fingerprint density at radius 2 is 2.27 bits per heavy atom. The molecule has 2 aromatic heterocycles. The molecule has 0 unspecified atom stereocenters. The van der Waals surface area contributed by atoms with Crippen LogP contribution in [0.2, 0.25) is 0 Å². The molecule has 3 rings (SSSR count). The summed E-state index contributed by atoms with van der Waals surface area (Å²) in [6, 6.07) is 3.87. The average molecular weight is 373 g/mol. The lowest BCUT2D eigenvalue weighted by molar-refractivity contribution is 0.101. The van der Waals surface area contributed by atoms with E-state index < -0.39 is 0 Å².